The van der Waals surface area contributed by atoms with Gasteiger partial charge in [-0.25, -0.2) is 13.6 Å². The van der Waals surface area contributed by atoms with Crippen molar-refractivity contribution in [3.63, 3.8) is 0 Å². The second-order valence-electron chi connectivity index (χ2n) is 3.01. The molecule has 0 fully saturated rings. The highest BCUT2D eigenvalue weighted by Crippen LogP contribution is 2.22. The first kappa shape index (κ1) is 10.3. The SMILES string of the molecule is O=C(O)c1cc(-c2ccc(F)cc2F)no1. The molecule has 16 heavy (non-hydrogen) atoms. The van der Waals surface area contributed by atoms with E-state index < -0.39 is 23.4 Å². The number of hydrogen-bond donors (Lipinski definition) is 1. The zero-order valence-electron chi connectivity index (χ0n) is 7.78. The lowest BCUT2D eigenvalue weighted by atomic mass is 10.1. The lowest BCUT2D eigenvalue weighted by Gasteiger charge is -1.97. The van der Waals surface area contributed by atoms with Gasteiger partial charge >= 0.3 is 5.97 Å². The Kier molecular flexibility index (Phi) is 2.40. The van der Waals surface area contributed by atoms with Gasteiger partial charge < -0.3 is 9.63 Å². The highest BCUT2D eigenvalue weighted by Gasteiger charge is 2.15. The molecule has 0 unspecified atom stereocenters. The molecule has 0 aliphatic carbocycles. The molecule has 0 radical (unpaired) electrons. The predicted molar refractivity (Wildman–Crippen MR) is 48.8 cm³/mol. The van der Waals surface area contributed by atoms with Gasteiger partial charge in [-0.1, -0.05) is 5.16 Å². The topological polar surface area (TPSA) is 63.3 Å². The summed E-state index contributed by atoms with van der Waals surface area (Å²) in [6.07, 6.45) is 0. The Morgan fingerprint density at radius 3 is 2.62 bits per heavy atom. The quantitative estimate of drug-likeness (QED) is 0.851. The van der Waals surface area contributed by atoms with Crippen LogP contribution in [-0.4, -0.2) is 16.2 Å². The molecule has 1 heterocycles. The molecule has 0 saturated heterocycles. The minimum absolute atomic E-state index is 0.00917. The summed E-state index contributed by atoms with van der Waals surface area (Å²) < 4.78 is 30.4. The van der Waals surface area contributed by atoms with Crippen molar-refractivity contribution in [3.8, 4) is 11.3 Å². The summed E-state index contributed by atoms with van der Waals surface area (Å²) in [5, 5.41) is 12.0. The summed E-state index contributed by atoms with van der Waals surface area (Å²) in [6, 6.07) is 3.96. The van der Waals surface area contributed by atoms with Gasteiger partial charge in [0.2, 0.25) is 5.76 Å². The molecule has 1 aromatic heterocycles. The van der Waals surface area contributed by atoms with E-state index in [4.69, 9.17) is 5.11 Å². The van der Waals surface area contributed by atoms with Crippen LogP contribution < -0.4 is 0 Å². The molecule has 0 bridgehead atoms. The zero-order valence-corrected chi connectivity index (χ0v) is 7.78. The van der Waals surface area contributed by atoms with Gasteiger partial charge in [0.1, 0.15) is 17.3 Å². The first-order valence-corrected chi connectivity index (χ1v) is 4.23. The van der Waals surface area contributed by atoms with Crippen LogP contribution in [0.3, 0.4) is 0 Å². The molecular weight excluding hydrogens is 220 g/mol. The van der Waals surface area contributed by atoms with Crippen molar-refractivity contribution in [1.29, 1.82) is 0 Å². The average Bonchev–Trinajstić information content (AvgIpc) is 2.66. The van der Waals surface area contributed by atoms with Gasteiger partial charge in [-0.3, -0.25) is 0 Å². The smallest absolute Gasteiger partial charge is 0.374 e. The van der Waals surface area contributed by atoms with E-state index in [-0.39, 0.29) is 11.3 Å². The fourth-order valence-corrected chi connectivity index (χ4v) is 1.20. The van der Waals surface area contributed by atoms with Crippen LogP contribution in [0.4, 0.5) is 8.78 Å². The Balaban J connectivity index is 2.46. The molecule has 0 aliphatic heterocycles. The van der Waals surface area contributed by atoms with Crippen molar-refractivity contribution < 1.29 is 23.2 Å². The summed E-state index contributed by atoms with van der Waals surface area (Å²) in [7, 11) is 0. The van der Waals surface area contributed by atoms with E-state index in [1.54, 1.807) is 0 Å². The summed E-state index contributed by atoms with van der Waals surface area (Å²) in [6.45, 7) is 0. The van der Waals surface area contributed by atoms with Crippen LogP contribution in [0.5, 0.6) is 0 Å². The highest BCUT2D eigenvalue weighted by molar-refractivity contribution is 5.85. The molecule has 1 N–H and O–H groups in total. The number of carbonyl (C=O) groups is 1. The minimum Gasteiger partial charge on any atom is -0.475 e. The first-order chi connectivity index (χ1) is 7.58. The van der Waals surface area contributed by atoms with E-state index in [1.807, 2.05) is 0 Å². The Labute approximate surface area is 88.1 Å². The van der Waals surface area contributed by atoms with Gasteiger partial charge in [0.25, 0.3) is 0 Å². The predicted octanol–water partition coefficient (Wildman–Crippen LogP) is 2.32. The maximum atomic E-state index is 13.3. The van der Waals surface area contributed by atoms with Crippen LogP contribution in [-0.2, 0) is 0 Å². The maximum absolute atomic E-state index is 13.3. The third-order valence-corrected chi connectivity index (χ3v) is 1.93. The van der Waals surface area contributed by atoms with Crippen LogP contribution in [0.15, 0.2) is 28.8 Å². The minimum atomic E-state index is -1.30. The summed E-state index contributed by atoms with van der Waals surface area (Å²) in [5.41, 5.74) is -0.00690. The molecule has 0 saturated carbocycles. The Bertz CT molecular complexity index is 551. The number of nitrogens with zero attached hydrogens (tertiary/aromatic N) is 1. The monoisotopic (exact) mass is 225 g/mol. The van der Waals surface area contributed by atoms with Gasteiger partial charge in [-0.2, -0.15) is 0 Å². The van der Waals surface area contributed by atoms with Gasteiger partial charge in [-0.15, -0.1) is 0 Å². The van der Waals surface area contributed by atoms with E-state index in [0.29, 0.717) is 6.07 Å². The van der Waals surface area contributed by atoms with Crippen molar-refractivity contribution in [2.75, 3.05) is 0 Å². The fraction of sp³-hybridized carbons (Fsp3) is 0. The summed E-state index contributed by atoms with van der Waals surface area (Å²) >= 11 is 0. The number of halogens is 2. The lowest BCUT2D eigenvalue weighted by molar-refractivity contribution is 0.0652. The number of hydrogen-bond acceptors (Lipinski definition) is 3. The second-order valence-corrected chi connectivity index (χ2v) is 3.01. The van der Waals surface area contributed by atoms with E-state index in [0.717, 1.165) is 18.2 Å². The number of benzene rings is 1. The van der Waals surface area contributed by atoms with Gasteiger partial charge in [0.05, 0.1) is 0 Å². The number of carboxylic acids is 1. The fourth-order valence-electron chi connectivity index (χ4n) is 1.20. The molecule has 4 nitrogen and oxygen atoms in total. The number of aromatic carboxylic acids is 1. The molecule has 6 heteroatoms. The molecule has 1 aromatic carbocycles. The van der Waals surface area contributed by atoms with Gasteiger partial charge in [0, 0.05) is 17.7 Å². The average molecular weight is 225 g/mol. The van der Waals surface area contributed by atoms with Crippen molar-refractivity contribution in [3.05, 3.63) is 41.7 Å². The largest absolute Gasteiger partial charge is 0.475 e. The molecule has 2 aromatic rings. The normalized spacial score (nSPS) is 10.4. The van der Waals surface area contributed by atoms with E-state index in [2.05, 4.69) is 9.68 Å². The van der Waals surface area contributed by atoms with Gasteiger partial charge in [-0.05, 0) is 12.1 Å². The van der Waals surface area contributed by atoms with Crippen molar-refractivity contribution in [1.82, 2.24) is 5.16 Å². The Morgan fingerprint density at radius 2 is 2.06 bits per heavy atom. The first-order valence-electron chi connectivity index (χ1n) is 4.23. The van der Waals surface area contributed by atoms with Crippen LogP contribution in [0.1, 0.15) is 10.6 Å². The number of carboxylic acid groups (broad SMARTS) is 1. The van der Waals surface area contributed by atoms with Crippen molar-refractivity contribution in [2.24, 2.45) is 0 Å². The molecule has 0 amide bonds. The molecule has 0 spiro atoms. The molecular formula is C10H5F2NO3. The second kappa shape index (κ2) is 3.73. The number of rotatable bonds is 2. The van der Waals surface area contributed by atoms with Crippen LogP contribution in [0, 0.1) is 11.6 Å². The van der Waals surface area contributed by atoms with E-state index >= 15 is 0 Å². The zero-order chi connectivity index (χ0) is 11.7. The molecule has 2 rings (SSSR count). The van der Waals surface area contributed by atoms with Gasteiger partial charge in [0.15, 0.2) is 0 Å². The molecule has 82 valence electrons. The Morgan fingerprint density at radius 1 is 1.31 bits per heavy atom. The van der Waals surface area contributed by atoms with Crippen molar-refractivity contribution >= 4 is 5.97 Å². The van der Waals surface area contributed by atoms with E-state index in [1.165, 1.54) is 0 Å². The molecule has 0 atom stereocenters. The number of aromatic nitrogens is 1. The maximum Gasteiger partial charge on any atom is 0.374 e. The third kappa shape index (κ3) is 1.77. The Hall–Kier alpha value is -2.24. The summed E-state index contributed by atoms with van der Waals surface area (Å²) in [4.78, 5) is 10.5. The van der Waals surface area contributed by atoms with Crippen LogP contribution in [0.25, 0.3) is 11.3 Å². The van der Waals surface area contributed by atoms with Crippen LogP contribution >= 0.6 is 0 Å². The molecule has 0 aliphatic rings. The van der Waals surface area contributed by atoms with Crippen LogP contribution in [0.2, 0.25) is 0 Å². The van der Waals surface area contributed by atoms with E-state index in [9.17, 15) is 13.6 Å². The highest BCUT2D eigenvalue weighted by atomic mass is 19.1. The third-order valence-electron chi connectivity index (χ3n) is 1.93. The van der Waals surface area contributed by atoms with Crippen molar-refractivity contribution in [2.45, 2.75) is 0 Å². The summed E-state index contributed by atoms with van der Waals surface area (Å²) in [5.74, 6) is -3.26. The standard InChI is InChI=1S/C10H5F2NO3/c11-5-1-2-6(7(12)3-5)8-4-9(10(14)15)16-13-8/h1-4H,(H,14,15). The lowest BCUT2D eigenvalue weighted by Crippen LogP contribution is -1.91.